The molecule has 5 heterocycles. The van der Waals surface area contributed by atoms with Gasteiger partial charge in [-0.1, -0.05) is 0 Å². The minimum Gasteiger partial charge on any atom is -0.465 e. The Morgan fingerprint density at radius 3 is 2.57 bits per heavy atom. The zero-order valence-corrected chi connectivity index (χ0v) is 16.0. The Kier molecular flexibility index (Phi) is 4.31. The lowest BCUT2D eigenvalue weighted by atomic mass is 9.85. The van der Waals surface area contributed by atoms with E-state index in [-0.39, 0.29) is 11.4 Å². The molecule has 1 aromatic rings. The second-order valence-electron chi connectivity index (χ2n) is 8.45. The van der Waals surface area contributed by atoms with E-state index in [1.807, 2.05) is 11.1 Å². The zero-order chi connectivity index (χ0) is 19.3. The Morgan fingerprint density at radius 1 is 1.11 bits per heavy atom. The Labute approximate surface area is 163 Å². The normalized spacial score (nSPS) is 25.0. The van der Waals surface area contributed by atoms with Gasteiger partial charge in [-0.2, -0.15) is 0 Å². The van der Waals surface area contributed by atoms with Crippen molar-refractivity contribution >= 4 is 12.0 Å². The molecular formula is C19H27N5O4. The molecule has 0 radical (unpaired) electrons. The molecule has 9 nitrogen and oxygen atoms in total. The molecule has 0 aromatic carbocycles. The van der Waals surface area contributed by atoms with Crippen LogP contribution >= 0.6 is 0 Å². The van der Waals surface area contributed by atoms with E-state index in [2.05, 4.69) is 9.47 Å². The van der Waals surface area contributed by atoms with Crippen molar-refractivity contribution in [1.82, 2.24) is 24.3 Å². The summed E-state index contributed by atoms with van der Waals surface area (Å²) in [4.78, 5) is 35.1. The van der Waals surface area contributed by atoms with E-state index in [4.69, 9.17) is 9.72 Å². The summed E-state index contributed by atoms with van der Waals surface area (Å²) < 4.78 is 7.41. The second-order valence-corrected chi connectivity index (χ2v) is 8.45. The van der Waals surface area contributed by atoms with Crippen molar-refractivity contribution in [2.45, 2.75) is 50.4 Å². The topological polar surface area (TPSA) is 91.1 Å². The maximum Gasteiger partial charge on any atom is 0.407 e. The molecule has 0 atom stereocenters. The first-order valence-corrected chi connectivity index (χ1v) is 10.2. The van der Waals surface area contributed by atoms with Crippen LogP contribution < -0.4 is 0 Å². The summed E-state index contributed by atoms with van der Waals surface area (Å²) in [5, 5.41) is 9.22. The molecule has 4 aliphatic rings. The van der Waals surface area contributed by atoms with Gasteiger partial charge < -0.3 is 24.2 Å². The summed E-state index contributed by atoms with van der Waals surface area (Å²) in [6.07, 6.45) is 4.40. The molecule has 0 saturated carbocycles. The van der Waals surface area contributed by atoms with Gasteiger partial charge in [0.25, 0.3) is 5.91 Å². The van der Waals surface area contributed by atoms with Gasteiger partial charge >= 0.3 is 6.09 Å². The fraction of sp³-hybridized carbons (Fsp3) is 0.737. The van der Waals surface area contributed by atoms with Gasteiger partial charge in [0.2, 0.25) is 0 Å². The molecule has 0 aliphatic carbocycles. The number of fused-ring (bicyclic) bond motifs is 1. The van der Waals surface area contributed by atoms with Crippen LogP contribution in [0.15, 0.2) is 6.20 Å². The summed E-state index contributed by atoms with van der Waals surface area (Å²) >= 11 is 0. The van der Waals surface area contributed by atoms with Crippen LogP contribution in [0.2, 0.25) is 0 Å². The molecule has 5 rings (SSSR count). The summed E-state index contributed by atoms with van der Waals surface area (Å²) in [6.45, 7) is 5.88. The van der Waals surface area contributed by atoms with Crippen LogP contribution in [0, 0.1) is 0 Å². The minimum absolute atomic E-state index is 0.00158. The summed E-state index contributed by atoms with van der Waals surface area (Å²) in [7, 11) is 0. The number of carbonyl (C=O) groups is 2. The monoisotopic (exact) mass is 389 g/mol. The largest absolute Gasteiger partial charge is 0.465 e. The predicted molar refractivity (Wildman–Crippen MR) is 99.1 cm³/mol. The van der Waals surface area contributed by atoms with Crippen molar-refractivity contribution < 1.29 is 19.4 Å². The number of carbonyl (C=O) groups excluding carboxylic acids is 1. The van der Waals surface area contributed by atoms with Crippen molar-refractivity contribution in [1.29, 1.82) is 0 Å². The smallest absolute Gasteiger partial charge is 0.407 e. The average molecular weight is 389 g/mol. The second kappa shape index (κ2) is 6.73. The van der Waals surface area contributed by atoms with Crippen molar-refractivity contribution in [3.05, 3.63) is 17.7 Å². The lowest BCUT2D eigenvalue weighted by molar-refractivity contribution is -0.0734. The maximum absolute atomic E-state index is 13.3. The molecule has 28 heavy (non-hydrogen) atoms. The van der Waals surface area contributed by atoms with Gasteiger partial charge in [-0.15, -0.1) is 0 Å². The molecular weight excluding hydrogens is 362 g/mol. The zero-order valence-electron chi connectivity index (χ0n) is 16.0. The number of carboxylic acid groups (broad SMARTS) is 1. The fourth-order valence-corrected chi connectivity index (χ4v) is 5.15. The van der Waals surface area contributed by atoms with Crippen molar-refractivity contribution in [2.75, 3.05) is 39.4 Å². The maximum atomic E-state index is 13.3. The Morgan fingerprint density at radius 2 is 1.89 bits per heavy atom. The van der Waals surface area contributed by atoms with Gasteiger partial charge in [-0.25, -0.2) is 9.78 Å². The van der Waals surface area contributed by atoms with Crippen molar-refractivity contribution in [3.8, 4) is 0 Å². The molecule has 1 spiro atoms. The fourth-order valence-electron chi connectivity index (χ4n) is 5.15. The van der Waals surface area contributed by atoms with Gasteiger partial charge in [0, 0.05) is 44.5 Å². The Balaban J connectivity index is 1.31. The first-order chi connectivity index (χ1) is 13.6. The van der Waals surface area contributed by atoms with Crippen LogP contribution in [0.5, 0.6) is 0 Å². The minimum atomic E-state index is -0.867. The summed E-state index contributed by atoms with van der Waals surface area (Å²) in [6, 6.07) is 0.478. The Bertz CT molecular complexity index is 781. The number of aromatic nitrogens is 2. The number of rotatable bonds is 2. The molecule has 0 unspecified atom stereocenters. The van der Waals surface area contributed by atoms with E-state index < -0.39 is 6.09 Å². The number of nitrogens with zero attached hydrogens (tertiary/aromatic N) is 5. The highest BCUT2D eigenvalue weighted by Gasteiger charge is 2.46. The van der Waals surface area contributed by atoms with Crippen molar-refractivity contribution in [3.63, 3.8) is 0 Å². The first-order valence-electron chi connectivity index (χ1n) is 10.2. The Hall–Kier alpha value is -2.13. The van der Waals surface area contributed by atoms with Gasteiger partial charge in [-0.3, -0.25) is 9.69 Å². The molecule has 0 bridgehead atoms. The van der Waals surface area contributed by atoms with Gasteiger partial charge in [0.1, 0.15) is 11.5 Å². The lowest BCUT2D eigenvalue weighted by Gasteiger charge is -2.44. The third kappa shape index (κ3) is 2.88. The summed E-state index contributed by atoms with van der Waals surface area (Å²) in [5.41, 5.74) is 0.325. The van der Waals surface area contributed by atoms with E-state index in [1.165, 1.54) is 4.90 Å². The molecule has 4 aliphatic heterocycles. The van der Waals surface area contributed by atoms with E-state index >= 15 is 0 Å². The first kappa shape index (κ1) is 17.9. The van der Waals surface area contributed by atoms with Crippen LogP contribution in [0.25, 0.3) is 0 Å². The molecule has 3 saturated heterocycles. The molecule has 152 valence electrons. The number of likely N-dealkylation sites (tertiary alicyclic amines) is 2. The van der Waals surface area contributed by atoms with E-state index in [9.17, 15) is 14.7 Å². The third-order valence-corrected chi connectivity index (χ3v) is 6.99. The van der Waals surface area contributed by atoms with Gasteiger partial charge in [0.05, 0.1) is 25.8 Å². The number of imidazole rings is 1. The average Bonchev–Trinajstić information content (AvgIpc) is 3.24. The number of piperidine rings is 1. The highest BCUT2D eigenvalue weighted by atomic mass is 16.5. The van der Waals surface area contributed by atoms with Crippen LogP contribution in [0.3, 0.4) is 0 Å². The number of ether oxygens (including phenoxy) is 1. The third-order valence-electron chi connectivity index (χ3n) is 6.99. The van der Waals surface area contributed by atoms with Crippen LogP contribution in [-0.2, 0) is 17.8 Å². The number of hydrogen-bond acceptors (Lipinski definition) is 5. The predicted octanol–water partition coefficient (Wildman–Crippen LogP) is 0.846. The molecule has 9 heteroatoms. The molecule has 3 fully saturated rings. The van der Waals surface area contributed by atoms with Crippen LogP contribution in [-0.4, -0.2) is 92.3 Å². The number of amides is 2. The van der Waals surface area contributed by atoms with E-state index in [1.54, 1.807) is 0 Å². The van der Waals surface area contributed by atoms with Crippen LogP contribution in [0.4, 0.5) is 4.79 Å². The van der Waals surface area contributed by atoms with E-state index in [0.717, 1.165) is 58.1 Å². The van der Waals surface area contributed by atoms with Gasteiger partial charge in [-0.05, 0) is 25.7 Å². The highest BCUT2D eigenvalue weighted by Crippen LogP contribution is 2.39. The number of hydrogen-bond donors (Lipinski definition) is 1. The van der Waals surface area contributed by atoms with E-state index in [0.29, 0.717) is 37.7 Å². The van der Waals surface area contributed by atoms with Gasteiger partial charge in [0.15, 0.2) is 0 Å². The molecule has 2 amide bonds. The van der Waals surface area contributed by atoms with Crippen molar-refractivity contribution in [2.24, 2.45) is 0 Å². The standard InChI is InChI=1S/C19H27N5O4/c25-17(24-5-1-2-19(24)3-6-21(7-4-19)18(26)27)15-10-23-9-8-22(11-16(23)20-15)14-12-28-13-14/h10,14H,1-9,11-13H2,(H,26,27). The summed E-state index contributed by atoms with van der Waals surface area (Å²) in [5.74, 6) is 0.956. The SMILES string of the molecule is O=C(O)N1CCC2(CCCN2C(=O)c2cn3c(n2)CN(C2COC2)CC3)CC1. The molecule has 1 N–H and O–H groups in total. The highest BCUT2D eigenvalue weighted by molar-refractivity contribution is 5.93. The quantitative estimate of drug-likeness (QED) is 0.806. The molecule has 1 aromatic heterocycles. The van der Waals surface area contributed by atoms with Crippen LogP contribution in [0.1, 0.15) is 42.0 Å². The lowest BCUT2D eigenvalue weighted by Crippen LogP contribution is -2.54.